The Kier molecular flexibility index (Phi) is 6.34. The molecule has 28 heavy (non-hydrogen) atoms. The smallest absolute Gasteiger partial charge is 0.409 e. The first-order chi connectivity index (χ1) is 13.4. The van der Waals surface area contributed by atoms with Crippen LogP contribution in [0.1, 0.15) is 36.7 Å². The van der Waals surface area contributed by atoms with E-state index in [0.717, 1.165) is 30.2 Å². The van der Waals surface area contributed by atoms with E-state index in [2.05, 4.69) is 52.6 Å². The van der Waals surface area contributed by atoms with Crippen LogP contribution in [-0.2, 0) is 4.74 Å². The minimum absolute atomic E-state index is 0.223. The number of hydrogen-bond donors (Lipinski definition) is 2. The number of hydrogen-bond acceptors (Lipinski definition) is 6. The summed E-state index contributed by atoms with van der Waals surface area (Å²) >= 11 is 0. The van der Waals surface area contributed by atoms with Gasteiger partial charge in [-0.1, -0.05) is 6.07 Å². The molecule has 1 fully saturated rings. The van der Waals surface area contributed by atoms with E-state index < -0.39 is 0 Å². The number of aryl methyl sites for hydroxylation is 3. The minimum atomic E-state index is -0.223. The van der Waals surface area contributed by atoms with Crippen molar-refractivity contribution < 1.29 is 9.53 Å². The van der Waals surface area contributed by atoms with Gasteiger partial charge in [0.25, 0.3) is 0 Å². The molecular weight excluding hydrogens is 354 g/mol. The molecule has 1 aliphatic heterocycles. The summed E-state index contributed by atoms with van der Waals surface area (Å²) in [5.74, 6) is 2.27. The third-order valence-electron chi connectivity index (χ3n) is 4.99. The van der Waals surface area contributed by atoms with E-state index in [0.29, 0.717) is 25.5 Å². The second-order valence-electron chi connectivity index (χ2n) is 7.21. The van der Waals surface area contributed by atoms with Crippen molar-refractivity contribution in [3.05, 3.63) is 41.2 Å². The van der Waals surface area contributed by atoms with Crippen LogP contribution in [-0.4, -0.2) is 46.7 Å². The van der Waals surface area contributed by atoms with Crippen LogP contribution >= 0.6 is 0 Å². The molecule has 1 saturated heterocycles. The standard InChI is InChI=1S/C21H29N5O2/c1-5-28-21(27)26-10-8-17(9-11-26)24-19-13-20(23-16(4)22-19)25-18-7-6-14(2)15(3)12-18/h6-7,12-13,17H,5,8-11H2,1-4H3,(H2,22,23,24,25). The molecular formula is C21H29N5O2. The van der Waals surface area contributed by atoms with Gasteiger partial charge in [0.05, 0.1) is 6.61 Å². The second kappa shape index (κ2) is 8.91. The maximum atomic E-state index is 11.8. The van der Waals surface area contributed by atoms with E-state index in [9.17, 15) is 4.79 Å². The normalized spacial score (nSPS) is 14.6. The second-order valence-corrected chi connectivity index (χ2v) is 7.21. The number of anilines is 3. The molecule has 3 rings (SSSR count). The van der Waals surface area contributed by atoms with Crippen molar-refractivity contribution in [2.24, 2.45) is 0 Å². The summed E-state index contributed by atoms with van der Waals surface area (Å²) in [6, 6.07) is 8.47. The van der Waals surface area contributed by atoms with Gasteiger partial charge in [-0.15, -0.1) is 0 Å². The van der Waals surface area contributed by atoms with Crippen molar-refractivity contribution >= 4 is 23.4 Å². The molecule has 0 atom stereocenters. The molecule has 2 N–H and O–H groups in total. The predicted octanol–water partition coefficient (Wildman–Crippen LogP) is 4.18. The molecule has 0 spiro atoms. The Morgan fingerprint density at radius 1 is 1.11 bits per heavy atom. The molecule has 0 aliphatic carbocycles. The molecule has 1 aromatic heterocycles. The number of carbonyl (C=O) groups excluding carboxylic acids is 1. The minimum Gasteiger partial charge on any atom is -0.450 e. The molecule has 0 unspecified atom stereocenters. The van der Waals surface area contributed by atoms with Crippen molar-refractivity contribution in [1.82, 2.24) is 14.9 Å². The van der Waals surface area contributed by atoms with Gasteiger partial charge < -0.3 is 20.3 Å². The molecule has 150 valence electrons. The van der Waals surface area contributed by atoms with Crippen LogP contribution in [0.15, 0.2) is 24.3 Å². The average molecular weight is 383 g/mol. The summed E-state index contributed by atoms with van der Waals surface area (Å²) in [5.41, 5.74) is 3.51. The molecule has 7 heteroatoms. The predicted molar refractivity (Wildman–Crippen MR) is 111 cm³/mol. The molecule has 1 aliphatic rings. The lowest BCUT2D eigenvalue weighted by atomic mass is 10.1. The first kappa shape index (κ1) is 19.9. The quantitative estimate of drug-likeness (QED) is 0.806. The number of aromatic nitrogens is 2. The Bertz CT molecular complexity index is 832. The fourth-order valence-corrected chi connectivity index (χ4v) is 3.30. The molecule has 7 nitrogen and oxygen atoms in total. The van der Waals surface area contributed by atoms with E-state index in [1.807, 2.05) is 19.9 Å². The van der Waals surface area contributed by atoms with E-state index in [4.69, 9.17) is 4.74 Å². The largest absolute Gasteiger partial charge is 0.450 e. The number of benzene rings is 1. The Labute approximate surface area is 166 Å². The lowest BCUT2D eigenvalue weighted by Crippen LogP contribution is -2.42. The summed E-state index contributed by atoms with van der Waals surface area (Å²) in [7, 11) is 0. The fraction of sp³-hybridized carbons (Fsp3) is 0.476. The third-order valence-corrected chi connectivity index (χ3v) is 4.99. The first-order valence-corrected chi connectivity index (χ1v) is 9.83. The highest BCUT2D eigenvalue weighted by Gasteiger charge is 2.23. The monoisotopic (exact) mass is 383 g/mol. The lowest BCUT2D eigenvalue weighted by molar-refractivity contribution is 0.0983. The van der Waals surface area contributed by atoms with Crippen LogP contribution in [0.5, 0.6) is 0 Å². The summed E-state index contributed by atoms with van der Waals surface area (Å²) in [4.78, 5) is 22.6. The molecule has 0 bridgehead atoms. The highest BCUT2D eigenvalue weighted by atomic mass is 16.6. The third kappa shape index (κ3) is 5.12. The molecule has 0 saturated carbocycles. The van der Waals surface area contributed by atoms with Crippen molar-refractivity contribution in [3.63, 3.8) is 0 Å². The summed E-state index contributed by atoms with van der Waals surface area (Å²) < 4.78 is 5.08. The van der Waals surface area contributed by atoms with Crippen molar-refractivity contribution in [1.29, 1.82) is 0 Å². The Hall–Kier alpha value is -2.83. The van der Waals surface area contributed by atoms with Gasteiger partial charge in [-0.2, -0.15) is 0 Å². The topological polar surface area (TPSA) is 79.4 Å². The van der Waals surface area contributed by atoms with E-state index >= 15 is 0 Å². The number of likely N-dealkylation sites (tertiary alicyclic amines) is 1. The van der Waals surface area contributed by atoms with Crippen LogP contribution in [0, 0.1) is 20.8 Å². The highest BCUT2D eigenvalue weighted by molar-refractivity contribution is 5.67. The number of ether oxygens (including phenoxy) is 1. The van der Waals surface area contributed by atoms with Gasteiger partial charge in [-0.25, -0.2) is 14.8 Å². The number of piperidine rings is 1. The van der Waals surface area contributed by atoms with Crippen LogP contribution in [0.25, 0.3) is 0 Å². The average Bonchev–Trinajstić information content (AvgIpc) is 2.65. The SMILES string of the molecule is CCOC(=O)N1CCC(Nc2cc(Nc3ccc(C)c(C)c3)nc(C)n2)CC1. The van der Waals surface area contributed by atoms with Crippen molar-refractivity contribution in [2.45, 2.75) is 46.6 Å². The van der Waals surface area contributed by atoms with Crippen LogP contribution < -0.4 is 10.6 Å². The van der Waals surface area contributed by atoms with Crippen LogP contribution in [0.3, 0.4) is 0 Å². The van der Waals surface area contributed by atoms with Crippen LogP contribution in [0.2, 0.25) is 0 Å². The molecule has 1 amide bonds. The van der Waals surface area contributed by atoms with Crippen LogP contribution in [0.4, 0.5) is 22.1 Å². The maximum Gasteiger partial charge on any atom is 0.409 e. The molecule has 2 heterocycles. The number of rotatable bonds is 5. The maximum absolute atomic E-state index is 11.8. The Morgan fingerprint density at radius 3 is 2.50 bits per heavy atom. The zero-order chi connectivity index (χ0) is 20.1. The number of carbonyl (C=O) groups is 1. The Morgan fingerprint density at radius 2 is 1.82 bits per heavy atom. The van der Waals surface area contributed by atoms with E-state index in [1.165, 1.54) is 11.1 Å². The Balaban J connectivity index is 1.62. The number of amides is 1. The fourth-order valence-electron chi connectivity index (χ4n) is 3.30. The van der Waals surface area contributed by atoms with E-state index in [-0.39, 0.29) is 12.1 Å². The molecule has 0 radical (unpaired) electrons. The number of nitrogens with zero attached hydrogens (tertiary/aromatic N) is 3. The number of nitrogens with one attached hydrogen (secondary N) is 2. The van der Waals surface area contributed by atoms with Gasteiger partial charge in [-0.05, 0) is 63.8 Å². The van der Waals surface area contributed by atoms with Gasteiger partial charge >= 0.3 is 6.09 Å². The van der Waals surface area contributed by atoms with Gasteiger partial charge in [-0.3, -0.25) is 0 Å². The summed E-state index contributed by atoms with van der Waals surface area (Å²) in [5, 5.41) is 6.86. The summed E-state index contributed by atoms with van der Waals surface area (Å²) in [6.07, 6.45) is 1.50. The van der Waals surface area contributed by atoms with Gasteiger partial charge in [0.1, 0.15) is 17.5 Å². The lowest BCUT2D eigenvalue weighted by Gasteiger charge is -2.31. The van der Waals surface area contributed by atoms with E-state index in [1.54, 1.807) is 4.90 Å². The van der Waals surface area contributed by atoms with Crippen molar-refractivity contribution in [3.8, 4) is 0 Å². The molecule has 1 aromatic carbocycles. The zero-order valence-electron chi connectivity index (χ0n) is 17.1. The molecule has 2 aromatic rings. The first-order valence-electron chi connectivity index (χ1n) is 9.83. The highest BCUT2D eigenvalue weighted by Crippen LogP contribution is 2.22. The zero-order valence-corrected chi connectivity index (χ0v) is 17.1. The van der Waals surface area contributed by atoms with Crippen molar-refractivity contribution in [2.75, 3.05) is 30.3 Å². The van der Waals surface area contributed by atoms with Gasteiger partial charge in [0, 0.05) is 30.9 Å². The van der Waals surface area contributed by atoms with Gasteiger partial charge in [0.2, 0.25) is 0 Å². The summed E-state index contributed by atoms with van der Waals surface area (Å²) in [6.45, 7) is 9.70. The van der Waals surface area contributed by atoms with Gasteiger partial charge in [0.15, 0.2) is 0 Å².